The lowest BCUT2D eigenvalue weighted by Crippen LogP contribution is -2.19. The van der Waals surface area contributed by atoms with Gasteiger partial charge in [-0.3, -0.25) is 4.79 Å². The van der Waals surface area contributed by atoms with Crippen molar-refractivity contribution < 1.29 is 9.18 Å². The molecule has 0 atom stereocenters. The molecule has 104 valence electrons. The first kappa shape index (κ1) is 14.1. The molecule has 20 heavy (non-hydrogen) atoms. The molecule has 0 radical (unpaired) electrons. The molecule has 0 bridgehead atoms. The largest absolute Gasteiger partial charge is 0.355 e. The molecule has 1 aromatic heterocycles. The SMILES string of the molecule is CNC(=O)c1cc(-c2cncnc2C(C)C)ccc1F. The van der Waals surface area contributed by atoms with Crippen LogP contribution >= 0.6 is 0 Å². The van der Waals surface area contributed by atoms with E-state index in [2.05, 4.69) is 15.3 Å². The van der Waals surface area contributed by atoms with Gasteiger partial charge in [0, 0.05) is 18.8 Å². The van der Waals surface area contributed by atoms with Gasteiger partial charge < -0.3 is 5.32 Å². The number of nitrogens with zero attached hydrogens (tertiary/aromatic N) is 2. The highest BCUT2D eigenvalue weighted by atomic mass is 19.1. The molecular weight excluding hydrogens is 257 g/mol. The van der Waals surface area contributed by atoms with E-state index in [-0.39, 0.29) is 11.5 Å². The number of amides is 1. The fourth-order valence-corrected chi connectivity index (χ4v) is 2.02. The molecule has 1 N–H and O–H groups in total. The van der Waals surface area contributed by atoms with Gasteiger partial charge in [0.15, 0.2) is 0 Å². The standard InChI is InChI=1S/C15H16FN3O/c1-9(2)14-12(7-18-8-19-14)10-4-5-13(16)11(6-10)15(20)17-3/h4-9H,1-3H3,(H,17,20). The summed E-state index contributed by atoms with van der Waals surface area (Å²) >= 11 is 0. The summed E-state index contributed by atoms with van der Waals surface area (Å²) < 4.78 is 13.7. The lowest BCUT2D eigenvalue weighted by molar-refractivity contribution is 0.0959. The van der Waals surface area contributed by atoms with Gasteiger partial charge in [0.25, 0.3) is 5.91 Å². The maximum atomic E-state index is 13.7. The second kappa shape index (κ2) is 5.77. The van der Waals surface area contributed by atoms with Crippen molar-refractivity contribution in [1.82, 2.24) is 15.3 Å². The molecule has 0 fully saturated rings. The highest BCUT2D eigenvalue weighted by Crippen LogP contribution is 2.27. The molecule has 4 nitrogen and oxygen atoms in total. The van der Waals surface area contributed by atoms with Gasteiger partial charge in [-0.1, -0.05) is 19.9 Å². The van der Waals surface area contributed by atoms with Gasteiger partial charge in [0.05, 0.1) is 11.3 Å². The van der Waals surface area contributed by atoms with E-state index in [1.54, 1.807) is 12.3 Å². The van der Waals surface area contributed by atoms with Crippen LogP contribution in [0.1, 0.15) is 35.8 Å². The van der Waals surface area contributed by atoms with Crippen LogP contribution in [-0.2, 0) is 0 Å². The van der Waals surface area contributed by atoms with Crippen LogP contribution in [0.4, 0.5) is 4.39 Å². The fraction of sp³-hybridized carbons (Fsp3) is 0.267. The molecule has 1 heterocycles. The first-order chi connectivity index (χ1) is 9.54. The highest BCUT2D eigenvalue weighted by Gasteiger charge is 2.15. The Labute approximate surface area is 117 Å². The zero-order valence-electron chi connectivity index (χ0n) is 11.6. The predicted molar refractivity (Wildman–Crippen MR) is 74.9 cm³/mol. The van der Waals surface area contributed by atoms with Gasteiger partial charge in [-0.2, -0.15) is 0 Å². The Morgan fingerprint density at radius 2 is 2.10 bits per heavy atom. The summed E-state index contributed by atoms with van der Waals surface area (Å²) in [5.74, 6) is -0.787. The number of hydrogen-bond donors (Lipinski definition) is 1. The second-order valence-corrected chi connectivity index (χ2v) is 4.75. The van der Waals surface area contributed by atoms with Gasteiger partial charge in [-0.25, -0.2) is 14.4 Å². The molecule has 2 rings (SSSR count). The van der Waals surface area contributed by atoms with Gasteiger partial charge in [-0.05, 0) is 23.6 Å². The third-order valence-corrected chi connectivity index (χ3v) is 3.04. The highest BCUT2D eigenvalue weighted by molar-refractivity contribution is 5.95. The molecule has 1 aromatic carbocycles. The summed E-state index contributed by atoms with van der Waals surface area (Å²) in [7, 11) is 1.47. The molecule has 0 saturated heterocycles. The average molecular weight is 273 g/mol. The van der Waals surface area contributed by atoms with E-state index in [9.17, 15) is 9.18 Å². The summed E-state index contributed by atoms with van der Waals surface area (Å²) in [4.78, 5) is 19.9. The number of carbonyl (C=O) groups excluding carboxylic acids is 1. The quantitative estimate of drug-likeness (QED) is 0.935. The molecule has 1 amide bonds. The number of rotatable bonds is 3. The summed E-state index contributed by atoms with van der Waals surface area (Å²) in [6, 6.07) is 4.45. The predicted octanol–water partition coefficient (Wildman–Crippen LogP) is 2.77. The van der Waals surface area contributed by atoms with Crippen molar-refractivity contribution in [1.29, 1.82) is 0 Å². The minimum absolute atomic E-state index is 0.0172. The maximum absolute atomic E-state index is 13.7. The zero-order valence-corrected chi connectivity index (χ0v) is 11.6. The minimum atomic E-state index is -0.545. The maximum Gasteiger partial charge on any atom is 0.254 e. The number of benzene rings is 1. The van der Waals surface area contributed by atoms with Crippen LogP contribution in [0.25, 0.3) is 11.1 Å². The van der Waals surface area contributed by atoms with Crippen LogP contribution < -0.4 is 5.32 Å². The number of carbonyl (C=O) groups is 1. The number of hydrogen-bond acceptors (Lipinski definition) is 3. The van der Waals surface area contributed by atoms with E-state index in [4.69, 9.17) is 0 Å². The van der Waals surface area contributed by atoms with Crippen LogP contribution in [0.3, 0.4) is 0 Å². The minimum Gasteiger partial charge on any atom is -0.355 e. The molecule has 0 aliphatic carbocycles. The van der Waals surface area contributed by atoms with E-state index in [0.29, 0.717) is 0 Å². The van der Waals surface area contributed by atoms with Crippen molar-refractivity contribution in [3.05, 3.63) is 47.8 Å². The van der Waals surface area contributed by atoms with E-state index >= 15 is 0 Å². The Morgan fingerprint density at radius 3 is 2.75 bits per heavy atom. The smallest absolute Gasteiger partial charge is 0.254 e. The second-order valence-electron chi connectivity index (χ2n) is 4.75. The van der Waals surface area contributed by atoms with Crippen molar-refractivity contribution in [3.8, 4) is 11.1 Å². The van der Waals surface area contributed by atoms with E-state index in [1.165, 1.54) is 25.5 Å². The van der Waals surface area contributed by atoms with Gasteiger partial charge in [-0.15, -0.1) is 0 Å². The Bertz CT molecular complexity index is 641. The Kier molecular flexibility index (Phi) is 4.08. The third-order valence-electron chi connectivity index (χ3n) is 3.04. The number of halogens is 1. The third kappa shape index (κ3) is 2.66. The van der Waals surface area contributed by atoms with Gasteiger partial charge >= 0.3 is 0 Å². The molecular formula is C15H16FN3O. The first-order valence-electron chi connectivity index (χ1n) is 6.36. The summed E-state index contributed by atoms with van der Waals surface area (Å²) in [5, 5.41) is 2.43. The number of aromatic nitrogens is 2. The zero-order chi connectivity index (χ0) is 14.7. The summed E-state index contributed by atoms with van der Waals surface area (Å²) in [6.45, 7) is 4.05. The van der Waals surface area contributed by atoms with Crippen LogP contribution in [-0.4, -0.2) is 22.9 Å². The lowest BCUT2D eigenvalue weighted by atomic mass is 9.97. The molecule has 2 aromatic rings. The van der Waals surface area contributed by atoms with Crippen LogP contribution in [0.5, 0.6) is 0 Å². The average Bonchev–Trinajstić information content (AvgIpc) is 2.47. The molecule has 0 saturated carbocycles. The normalized spacial score (nSPS) is 10.7. The van der Waals surface area contributed by atoms with Crippen molar-refractivity contribution in [3.63, 3.8) is 0 Å². The molecule has 5 heteroatoms. The topological polar surface area (TPSA) is 54.9 Å². The fourth-order valence-electron chi connectivity index (χ4n) is 2.02. The Morgan fingerprint density at radius 1 is 1.35 bits per heavy atom. The van der Waals surface area contributed by atoms with Gasteiger partial charge in [0.2, 0.25) is 0 Å². The van der Waals surface area contributed by atoms with Crippen LogP contribution in [0.2, 0.25) is 0 Å². The monoisotopic (exact) mass is 273 g/mol. The molecule has 0 spiro atoms. The van der Waals surface area contributed by atoms with E-state index in [0.717, 1.165) is 16.8 Å². The summed E-state index contributed by atoms with van der Waals surface area (Å²) in [6.07, 6.45) is 3.17. The van der Waals surface area contributed by atoms with Crippen molar-refractivity contribution in [2.45, 2.75) is 19.8 Å². The van der Waals surface area contributed by atoms with Crippen molar-refractivity contribution in [2.24, 2.45) is 0 Å². The van der Waals surface area contributed by atoms with E-state index < -0.39 is 11.7 Å². The first-order valence-corrected chi connectivity index (χ1v) is 6.36. The van der Waals surface area contributed by atoms with Crippen molar-refractivity contribution in [2.75, 3.05) is 7.05 Å². The lowest BCUT2D eigenvalue weighted by Gasteiger charge is -2.12. The molecule has 0 aliphatic rings. The van der Waals surface area contributed by atoms with E-state index in [1.807, 2.05) is 13.8 Å². The Balaban J connectivity index is 2.57. The number of nitrogens with one attached hydrogen (secondary N) is 1. The molecule has 0 aliphatic heterocycles. The van der Waals surface area contributed by atoms with Crippen molar-refractivity contribution >= 4 is 5.91 Å². The Hall–Kier alpha value is -2.30. The van der Waals surface area contributed by atoms with Gasteiger partial charge in [0.1, 0.15) is 12.1 Å². The van der Waals surface area contributed by atoms with Crippen LogP contribution in [0.15, 0.2) is 30.7 Å². The molecule has 0 unspecified atom stereocenters. The van der Waals surface area contributed by atoms with Crippen LogP contribution in [0, 0.1) is 5.82 Å². The summed E-state index contributed by atoms with van der Waals surface area (Å²) in [5.41, 5.74) is 2.43.